The number of carbonyl (C=O) groups is 1. The number of aryl methyl sites for hydroxylation is 1. The molecular weight excluding hydrogens is 387 g/mol. The van der Waals surface area contributed by atoms with Crippen molar-refractivity contribution in [3.05, 3.63) is 77.5 Å². The molecule has 2 aromatic carbocycles. The minimum absolute atomic E-state index is 0.264. The monoisotopic (exact) mass is 406 g/mol. The molecule has 0 aliphatic carbocycles. The van der Waals surface area contributed by atoms with E-state index in [2.05, 4.69) is 25.5 Å². The van der Waals surface area contributed by atoms with Crippen LogP contribution in [0.3, 0.4) is 0 Å². The number of anilines is 2. The van der Waals surface area contributed by atoms with E-state index in [-0.39, 0.29) is 5.82 Å². The number of nitrogens with zero attached hydrogens (tertiary/aromatic N) is 4. The molecule has 0 radical (unpaired) electrons. The van der Waals surface area contributed by atoms with Gasteiger partial charge in [0.15, 0.2) is 11.6 Å². The first kappa shape index (κ1) is 19.3. The summed E-state index contributed by atoms with van der Waals surface area (Å²) >= 11 is 0. The van der Waals surface area contributed by atoms with Gasteiger partial charge in [-0.2, -0.15) is 5.10 Å². The largest absolute Gasteiger partial charge is 0.465 e. The van der Waals surface area contributed by atoms with Crippen LogP contribution in [-0.4, -0.2) is 43.3 Å². The van der Waals surface area contributed by atoms with Crippen LogP contribution in [-0.2, 0) is 0 Å². The molecule has 4 rings (SSSR count). The lowest BCUT2D eigenvalue weighted by Gasteiger charge is -2.25. The van der Waals surface area contributed by atoms with E-state index in [1.807, 2.05) is 37.3 Å². The summed E-state index contributed by atoms with van der Waals surface area (Å²) < 4.78 is 13.4. The van der Waals surface area contributed by atoms with Gasteiger partial charge in [0.05, 0.1) is 5.52 Å². The van der Waals surface area contributed by atoms with Gasteiger partial charge in [0.2, 0.25) is 0 Å². The van der Waals surface area contributed by atoms with Gasteiger partial charge in [-0.1, -0.05) is 24.3 Å². The Hall–Kier alpha value is -4.01. The van der Waals surface area contributed by atoms with E-state index in [0.29, 0.717) is 22.7 Å². The Labute approximate surface area is 171 Å². The van der Waals surface area contributed by atoms with Crippen LogP contribution in [0.5, 0.6) is 0 Å². The number of aromatic amines is 1. The normalized spacial score (nSPS) is 12.0. The molecule has 1 amide bonds. The topological polar surface area (TPSA) is 107 Å². The zero-order chi connectivity index (χ0) is 21.3. The highest BCUT2D eigenvalue weighted by molar-refractivity contribution is 5.90. The number of aromatic nitrogens is 4. The van der Waals surface area contributed by atoms with Crippen molar-refractivity contribution in [2.45, 2.75) is 13.0 Å². The molecule has 30 heavy (non-hydrogen) atoms. The number of H-pyrrole nitrogens is 1. The first-order valence-corrected chi connectivity index (χ1v) is 9.19. The molecule has 0 unspecified atom stereocenters. The third kappa shape index (κ3) is 3.77. The van der Waals surface area contributed by atoms with Gasteiger partial charge >= 0.3 is 6.09 Å². The summed E-state index contributed by atoms with van der Waals surface area (Å²) in [5.74, 6) is 0.923. The molecule has 0 bridgehead atoms. The first-order valence-electron chi connectivity index (χ1n) is 9.19. The number of carboxylic acid groups (broad SMARTS) is 1. The SMILES string of the molecule is Cc1cc(Nc2nc([C@@H](c3ccc(F)cc3)N(C)C(=O)O)nc3ccccc23)n[nH]1. The van der Waals surface area contributed by atoms with Crippen LogP contribution in [0.25, 0.3) is 10.9 Å². The van der Waals surface area contributed by atoms with Crippen molar-refractivity contribution in [2.24, 2.45) is 0 Å². The van der Waals surface area contributed by atoms with E-state index in [9.17, 15) is 14.3 Å². The zero-order valence-electron chi connectivity index (χ0n) is 16.3. The Kier molecular flexibility index (Phi) is 5.01. The van der Waals surface area contributed by atoms with Crippen LogP contribution in [0.1, 0.15) is 23.1 Å². The molecule has 4 aromatic rings. The van der Waals surface area contributed by atoms with Gasteiger partial charge in [-0.05, 0) is 36.8 Å². The highest BCUT2D eigenvalue weighted by Gasteiger charge is 2.27. The number of fused-ring (bicyclic) bond motifs is 1. The van der Waals surface area contributed by atoms with Crippen LogP contribution in [0.2, 0.25) is 0 Å². The molecule has 0 saturated carbocycles. The fourth-order valence-corrected chi connectivity index (χ4v) is 3.22. The molecule has 0 aliphatic rings. The van der Waals surface area contributed by atoms with Gasteiger partial charge < -0.3 is 10.4 Å². The number of nitrogens with one attached hydrogen (secondary N) is 2. The van der Waals surface area contributed by atoms with Crippen molar-refractivity contribution in [1.82, 2.24) is 25.1 Å². The number of hydrogen-bond acceptors (Lipinski definition) is 5. The Morgan fingerprint density at radius 3 is 2.57 bits per heavy atom. The molecule has 8 nitrogen and oxygen atoms in total. The molecule has 0 saturated heterocycles. The maximum atomic E-state index is 13.4. The van der Waals surface area contributed by atoms with E-state index in [4.69, 9.17) is 0 Å². The molecule has 1 atom stereocenters. The summed E-state index contributed by atoms with van der Waals surface area (Å²) in [6.45, 7) is 1.88. The molecule has 152 valence electrons. The van der Waals surface area contributed by atoms with E-state index < -0.39 is 18.0 Å². The number of halogens is 1. The summed E-state index contributed by atoms with van der Waals surface area (Å²) in [5.41, 5.74) is 2.08. The zero-order valence-corrected chi connectivity index (χ0v) is 16.3. The number of amides is 1. The van der Waals surface area contributed by atoms with Gasteiger partial charge in [-0.15, -0.1) is 0 Å². The van der Waals surface area contributed by atoms with E-state index in [1.54, 1.807) is 0 Å². The van der Waals surface area contributed by atoms with Crippen molar-refractivity contribution in [2.75, 3.05) is 12.4 Å². The molecule has 0 spiro atoms. The smallest absolute Gasteiger partial charge is 0.407 e. The van der Waals surface area contributed by atoms with Crippen molar-refractivity contribution < 1.29 is 14.3 Å². The van der Waals surface area contributed by atoms with Gasteiger partial charge in [-0.25, -0.2) is 19.2 Å². The van der Waals surface area contributed by atoms with Crippen molar-refractivity contribution in [3.63, 3.8) is 0 Å². The van der Waals surface area contributed by atoms with Crippen molar-refractivity contribution in [3.8, 4) is 0 Å². The predicted molar refractivity (Wildman–Crippen MR) is 110 cm³/mol. The maximum absolute atomic E-state index is 13.4. The lowest BCUT2D eigenvalue weighted by Crippen LogP contribution is -2.32. The second-order valence-corrected chi connectivity index (χ2v) is 6.86. The summed E-state index contributed by atoms with van der Waals surface area (Å²) in [4.78, 5) is 22.1. The second kappa shape index (κ2) is 7.78. The van der Waals surface area contributed by atoms with E-state index in [0.717, 1.165) is 16.0 Å². The molecule has 3 N–H and O–H groups in total. The third-order valence-electron chi connectivity index (χ3n) is 4.69. The number of hydrogen-bond donors (Lipinski definition) is 3. The third-order valence-corrected chi connectivity index (χ3v) is 4.69. The minimum Gasteiger partial charge on any atom is -0.465 e. The summed E-state index contributed by atoms with van der Waals surface area (Å²) in [5, 5.41) is 20.6. The van der Waals surface area contributed by atoms with Crippen LogP contribution in [0, 0.1) is 12.7 Å². The lowest BCUT2D eigenvalue weighted by atomic mass is 10.0. The Morgan fingerprint density at radius 2 is 1.90 bits per heavy atom. The summed E-state index contributed by atoms with van der Waals surface area (Å²) in [6, 6.07) is 14.0. The molecule has 9 heteroatoms. The molecule has 2 aromatic heterocycles. The van der Waals surface area contributed by atoms with Gasteiger partial charge in [0.25, 0.3) is 0 Å². The summed E-state index contributed by atoms with van der Waals surface area (Å²) in [7, 11) is 1.43. The number of rotatable bonds is 5. The predicted octanol–water partition coefficient (Wildman–Crippen LogP) is 4.24. The fraction of sp³-hybridized carbons (Fsp3) is 0.143. The van der Waals surface area contributed by atoms with Crippen molar-refractivity contribution in [1.29, 1.82) is 0 Å². The van der Waals surface area contributed by atoms with Crippen LogP contribution < -0.4 is 5.32 Å². The second-order valence-electron chi connectivity index (χ2n) is 6.86. The lowest BCUT2D eigenvalue weighted by molar-refractivity contribution is 0.144. The molecule has 0 aliphatic heterocycles. The van der Waals surface area contributed by atoms with Crippen molar-refractivity contribution >= 4 is 28.6 Å². The summed E-state index contributed by atoms with van der Waals surface area (Å²) in [6.07, 6.45) is -1.15. The average molecular weight is 406 g/mol. The Bertz CT molecular complexity index is 1210. The van der Waals surface area contributed by atoms with Gasteiger partial charge in [0.1, 0.15) is 17.7 Å². The van der Waals surface area contributed by atoms with Crippen LogP contribution in [0.4, 0.5) is 20.8 Å². The van der Waals surface area contributed by atoms with Gasteiger partial charge in [-0.3, -0.25) is 10.00 Å². The minimum atomic E-state index is -1.15. The van der Waals surface area contributed by atoms with Crippen LogP contribution in [0.15, 0.2) is 54.6 Å². The van der Waals surface area contributed by atoms with E-state index in [1.165, 1.54) is 31.3 Å². The maximum Gasteiger partial charge on any atom is 0.407 e. The molecule has 2 heterocycles. The average Bonchev–Trinajstić information content (AvgIpc) is 3.14. The van der Waals surface area contributed by atoms with Gasteiger partial charge in [0, 0.05) is 24.2 Å². The van der Waals surface area contributed by atoms with Crippen LogP contribution >= 0.6 is 0 Å². The molecule has 0 fully saturated rings. The highest BCUT2D eigenvalue weighted by atomic mass is 19.1. The fourth-order valence-electron chi connectivity index (χ4n) is 3.22. The van der Waals surface area contributed by atoms with E-state index >= 15 is 0 Å². The number of para-hydroxylation sites is 1. The Balaban J connectivity index is 1.88. The number of benzene rings is 2. The standard InChI is InChI=1S/C21H19FN6O2/c1-12-11-17(27-26-12)24-19-15-5-3-4-6-16(15)23-20(25-19)18(28(2)21(29)30)13-7-9-14(22)10-8-13/h3-11,18H,1-2H3,(H,29,30)(H2,23,24,25,26,27)/t18-/m1/s1. The molecular formula is C21H19FN6O2. The quantitative estimate of drug-likeness (QED) is 0.458. The Morgan fingerprint density at radius 1 is 1.17 bits per heavy atom. The first-order chi connectivity index (χ1) is 14.4. The highest BCUT2D eigenvalue weighted by Crippen LogP contribution is 2.30.